The Morgan fingerprint density at radius 1 is 1.26 bits per heavy atom. The van der Waals surface area contributed by atoms with E-state index in [1.165, 1.54) is 5.56 Å². The number of hydrogen-bond donors (Lipinski definition) is 1. The monoisotopic (exact) mass is 276 g/mol. The maximum Gasteiger partial charge on any atom is 0.229 e. The summed E-state index contributed by atoms with van der Waals surface area (Å²) in [6, 6.07) is 8.24. The molecule has 0 aliphatic rings. The van der Waals surface area contributed by atoms with Gasteiger partial charge >= 0.3 is 0 Å². The van der Waals surface area contributed by atoms with E-state index in [4.69, 9.17) is 17.3 Å². The summed E-state index contributed by atoms with van der Waals surface area (Å²) in [6.07, 6.45) is 4.09. The molecule has 2 rings (SSSR count). The van der Waals surface area contributed by atoms with Gasteiger partial charge in [-0.1, -0.05) is 23.7 Å². The van der Waals surface area contributed by atoms with Crippen LogP contribution in [0.2, 0.25) is 5.02 Å². The average Bonchev–Trinajstić information content (AvgIpc) is 2.41. The van der Waals surface area contributed by atoms with Crippen LogP contribution < -0.4 is 10.6 Å². The van der Waals surface area contributed by atoms with Gasteiger partial charge in [-0.25, -0.2) is 9.97 Å². The molecule has 4 nitrogen and oxygen atoms in total. The zero-order chi connectivity index (χ0) is 13.7. The summed E-state index contributed by atoms with van der Waals surface area (Å²) in [5.41, 5.74) is 7.86. The second kappa shape index (κ2) is 6.50. The molecular weight excluding hydrogens is 260 g/mol. The highest BCUT2D eigenvalue weighted by Crippen LogP contribution is 2.23. The minimum Gasteiger partial charge on any atom is -0.330 e. The Morgan fingerprint density at radius 2 is 2.00 bits per heavy atom. The molecule has 0 radical (unpaired) electrons. The Bertz CT molecular complexity index is 527. The van der Waals surface area contributed by atoms with Gasteiger partial charge in [-0.15, -0.1) is 0 Å². The number of benzene rings is 1. The third kappa shape index (κ3) is 3.66. The lowest BCUT2D eigenvalue weighted by Crippen LogP contribution is -2.22. The van der Waals surface area contributed by atoms with Gasteiger partial charge in [0.1, 0.15) is 0 Å². The maximum atomic E-state index is 5.83. The quantitative estimate of drug-likeness (QED) is 0.912. The zero-order valence-corrected chi connectivity index (χ0v) is 11.6. The SMILES string of the molecule is Cc1cccc(N(CCCN)c2ncc(Cl)cn2)c1. The number of anilines is 2. The number of hydrogen-bond acceptors (Lipinski definition) is 4. The third-order valence-electron chi connectivity index (χ3n) is 2.75. The molecule has 19 heavy (non-hydrogen) atoms. The van der Waals surface area contributed by atoms with E-state index in [1.54, 1.807) is 12.4 Å². The molecule has 5 heteroatoms. The van der Waals surface area contributed by atoms with Gasteiger partial charge in [0, 0.05) is 12.2 Å². The van der Waals surface area contributed by atoms with E-state index in [0.717, 1.165) is 18.7 Å². The van der Waals surface area contributed by atoms with Crippen molar-refractivity contribution in [1.29, 1.82) is 0 Å². The van der Waals surface area contributed by atoms with Crippen LogP contribution in [0.25, 0.3) is 0 Å². The van der Waals surface area contributed by atoms with Gasteiger partial charge in [0.05, 0.1) is 17.4 Å². The average molecular weight is 277 g/mol. The van der Waals surface area contributed by atoms with E-state index in [1.807, 2.05) is 12.1 Å². The number of rotatable bonds is 5. The molecule has 0 spiro atoms. The summed E-state index contributed by atoms with van der Waals surface area (Å²) in [5, 5.41) is 0.534. The van der Waals surface area contributed by atoms with Crippen molar-refractivity contribution in [3.8, 4) is 0 Å². The number of nitrogens with two attached hydrogens (primary N) is 1. The topological polar surface area (TPSA) is 55.0 Å². The fourth-order valence-corrected chi connectivity index (χ4v) is 1.93. The van der Waals surface area contributed by atoms with Crippen molar-refractivity contribution in [3.05, 3.63) is 47.2 Å². The molecular formula is C14H17ClN4. The highest BCUT2D eigenvalue weighted by Gasteiger charge is 2.11. The predicted octanol–water partition coefficient (Wildman–Crippen LogP) is 2.93. The fraction of sp³-hybridized carbons (Fsp3) is 0.286. The van der Waals surface area contributed by atoms with Gasteiger partial charge in [0.15, 0.2) is 0 Å². The molecule has 0 amide bonds. The van der Waals surface area contributed by atoms with E-state index >= 15 is 0 Å². The van der Waals surface area contributed by atoms with Gasteiger partial charge in [-0.3, -0.25) is 0 Å². The van der Waals surface area contributed by atoms with E-state index in [0.29, 0.717) is 17.5 Å². The first-order chi connectivity index (χ1) is 9.20. The largest absolute Gasteiger partial charge is 0.330 e. The smallest absolute Gasteiger partial charge is 0.229 e. The summed E-state index contributed by atoms with van der Waals surface area (Å²) < 4.78 is 0. The van der Waals surface area contributed by atoms with Gasteiger partial charge in [-0.05, 0) is 37.6 Å². The molecule has 100 valence electrons. The van der Waals surface area contributed by atoms with Crippen LogP contribution in [0.4, 0.5) is 11.6 Å². The van der Waals surface area contributed by atoms with Crippen LogP contribution in [0.5, 0.6) is 0 Å². The summed E-state index contributed by atoms with van der Waals surface area (Å²) in [4.78, 5) is 10.6. The highest BCUT2D eigenvalue weighted by atomic mass is 35.5. The first-order valence-corrected chi connectivity index (χ1v) is 6.60. The van der Waals surface area contributed by atoms with Gasteiger partial charge in [-0.2, -0.15) is 0 Å². The number of nitrogens with zero attached hydrogens (tertiary/aromatic N) is 3. The zero-order valence-electron chi connectivity index (χ0n) is 10.9. The lowest BCUT2D eigenvalue weighted by atomic mass is 10.2. The summed E-state index contributed by atoms with van der Waals surface area (Å²) in [5.74, 6) is 0.642. The van der Waals surface area contributed by atoms with Crippen molar-refractivity contribution in [3.63, 3.8) is 0 Å². The Kier molecular flexibility index (Phi) is 4.71. The predicted molar refractivity (Wildman–Crippen MR) is 78.9 cm³/mol. The van der Waals surface area contributed by atoms with Crippen molar-refractivity contribution in [1.82, 2.24) is 9.97 Å². The normalized spacial score (nSPS) is 10.5. The van der Waals surface area contributed by atoms with Crippen molar-refractivity contribution >= 4 is 23.2 Å². The van der Waals surface area contributed by atoms with Gasteiger partial charge in [0.25, 0.3) is 0 Å². The standard InChI is InChI=1S/C14H17ClN4/c1-11-4-2-5-13(8-11)19(7-3-6-16)14-17-9-12(15)10-18-14/h2,4-5,8-10H,3,6-7,16H2,1H3. The summed E-state index contributed by atoms with van der Waals surface area (Å²) >= 11 is 5.83. The van der Waals surface area contributed by atoms with Gasteiger partial charge in [0.2, 0.25) is 5.95 Å². The molecule has 2 aromatic rings. The van der Waals surface area contributed by atoms with Gasteiger partial charge < -0.3 is 10.6 Å². The van der Waals surface area contributed by atoms with E-state index < -0.39 is 0 Å². The lowest BCUT2D eigenvalue weighted by molar-refractivity contribution is 0.799. The highest BCUT2D eigenvalue weighted by molar-refractivity contribution is 6.30. The first kappa shape index (κ1) is 13.8. The van der Waals surface area contributed by atoms with Crippen molar-refractivity contribution in [2.75, 3.05) is 18.0 Å². The van der Waals surface area contributed by atoms with E-state index in [-0.39, 0.29) is 0 Å². The van der Waals surface area contributed by atoms with Crippen molar-refractivity contribution < 1.29 is 0 Å². The van der Waals surface area contributed by atoms with Crippen LogP contribution in [0, 0.1) is 6.92 Å². The van der Waals surface area contributed by atoms with Crippen LogP contribution in [-0.2, 0) is 0 Å². The molecule has 0 bridgehead atoms. The molecule has 0 aliphatic heterocycles. The molecule has 0 aliphatic carbocycles. The molecule has 0 atom stereocenters. The van der Waals surface area contributed by atoms with Crippen LogP contribution >= 0.6 is 11.6 Å². The molecule has 2 N–H and O–H groups in total. The molecule has 0 saturated heterocycles. The Morgan fingerprint density at radius 3 is 2.63 bits per heavy atom. The molecule has 0 saturated carbocycles. The number of aromatic nitrogens is 2. The lowest BCUT2D eigenvalue weighted by Gasteiger charge is -2.22. The number of aryl methyl sites for hydroxylation is 1. The fourth-order valence-electron chi connectivity index (χ4n) is 1.83. The van der Waals surface area contributed by atoms with Crippen LogP contribution in [0.1, 0.15) is 12.0 Å². The van der Waals surface area contributed by atoms with Crippen molar-refractivity contribution in [2.24, 2.45) is 5.73 Å². The van der Waals surface area contributed by atoms with Crippen LogP contribution in [0.3, 0.4) is 0 Å². The second-order valence-corrected chi connectivity index (χ2v) is 4.77. The molecule has 0 unspecified atom stereocenters. The van der Waals surface area contributed by atoms with Crippen LogP contribution in [0.15, 0.2) is 36.7 Å². The van der Waals surface area contributed by atoms with E-state index in [2.05, 4.69) is 33.9 Å². The van der Waals surface area contributed by atoms with E-state index in [9.17, 15) is 0 Å². The number of halogens is 1. The maximum absolute atomic E-state index is 5.83. The third-order valence-corrected chi connectivity index (χ3v) is 2.94. The van der Waals surface area contributed by atoms with Crippen molar-refractivity contribution in [2.45, 2.75) is 13.3 Å². The Labute approximate surface area is 118 Å². The first-order valence-electron chi connectivity index (χ1n) is 6.22. The molecule has 0 fully saturated rings. The summed E-state index contributed by atoms with van der Waals surface area (Å²) in [7, 11) is 0. The molecule has 1 aromatic heterocycles. The minimum atomic E-state index is 0.534. The minimum absolute atomic E-state index is 0.534. The molecule has 1 aromatic carbocycles. The molecule has 1 heterocycles. The Hall–Kier alpha value is -1.65. The summed E-state index contributed by atoms with van der Waals surface area (Å²) in [6.45, 7) is 3.48. The van der Waals surface area contributed by atoms with Crippen LogP contribution in [-0.4, -0.2) is 23.1 Å². The second-order valence-electron chi connectivity index (χ2n) is 4.33. The Balaban J connectivity index is 2.32.